The molecule has 0 saturated heterocycles. The van der Waals surface area contributed by atoms with Gasteiger partial charge in [-0.3, -0.25) is 0 Å². The van der Waals surface area contributed by atoms with Crippen LogP contribution < -0.4 is 0 Å². The monoisotopic (exact) mass is 348 g/mol. The van der Waals surface area contributed by atoms with Gasteiger partial charge >= 0.3 is 0 Å². The van der Waals surface area contributed by atoms with Crippen LogP contribution in [0.25, 0.3) is 16.9 Å². The summed E-state index contributed by atoms with van der Waals surface area (Å²) in [4.78, 5) is 0.223. The maximum atomic E-state index is 11.6. The number of hydrogen-bond donors (Lipinski definition) is 0. The van der Waals surface area contributed by atoms with Crippen molar-refractivity contribution in [2.24, 2.45) is 0 Å². The second-order valence-electron chi connectivity index (χ2n) is 5.39. The number of sulfone groups is 1. The molecule has 25 heavy (non-hydrogen) atoms. The molecule has 1 aromatic heterocycles. The van der Waals surface area contributed by atoms with Gasteiger partial charge in [-0.1, -0.05) is 12.1 Å². The third-order valence-corrected chi connectivity index (χ3v) is 4.77. The molecule has 0 amide bonds. The van der Waals surface area contributed by atoms with Gasteiger partial charge < -0.3 is 0 Å². The van der Waals surface area contributed by atoms with Crippen molar-refractivity contribution in [3.8, 4) is 29.1 Å². The minimum absolute atomic E-state index is 0.223. The first-order valence-corrected chi connectivity index (χ1v) is 9.13. The number of aromatic nitrogens is 2. The highest BCUT2D eigenvalue weighted by molar-refractivity contribution is 7.90. The molecule has 2 aromatic carbocycles. The predicted octanol–water partition coefficient (Wildman–Crippen LogP) is 2.69. The van der Waals surface area contributed by atoms with Gasteiger partial charge in [0.15, 0.2) is 15.5 Å². The van der Waals surface area contributed by atoms with Crippen molar-refractivity contribution < 1.29 is 8.42 Å². The first-order chi connectivity index (χ1) is 11.9. The average molecular weight is 348 g/mol. The molecular weight excluding hydrogens is 336 g/mol. The highest BCUT2D eigenvalue weighted by Gasteiger charge is 2.13. The second-order valence-corrected chi connectivity index (χ2v) is 7.41. The summed E-state index contributed by atoms with van der Waals surface area (Å²) >= 11 is 0. The van der Waals surface area contributed by atoms with Gasteiger partial charge in [0.2, 0.25) is 0 Å². The lowest BCUT2D eigenvalue weighted by Gasteiger charge is -2.08. The standard InChI is InChI=1S/C18H12N4O2S/c1-25(23,24)17-8-4-14(5-9-17)18-10-15(12-20)21-22(18)16-6-2-13(11-19)3-7-16/h2-10H,1H3. The van der Waals surface area contributed by atoms with Gasteiger partial charge in [-0.25, -0.2) is 13.1 Å². The third-order valence-electron chi connectivity index (χ3n) is 3.64. The lowest BCUT2D eigenvalue weighted by Crippen LogP contribution is -2.00. The summed E-state index contributed by atoms with van der Waals surface area (Å²) in [5.41, 5.74) is 2.84. The van der Waals surface area contributed by atoms with Gasteiger partial charge in [0.25, 0.3) is 0 Å². The molecule has 122 valence electrons. The molecule has 0 radical (unpaired) electrons. The molecule has 0 fully saturated rings. The van der Waals surface area contributed by atoms with Gasteiger partial charge in [-0.15, -0.1) is 0 Å². The van der Waals surface area contributed by atoms with E-state index in [1.807, 2.05) is 12.1 Å². The summed E-state index contributed by atoms with van der Waals surface area (Å²) < 4.78 is 24.8. The van der Waals surface area contributed by atoms with Crippen molar-refractivity contribution in [2.75, 3.05) is 6.26 Å². The van der Waals surface area contributed by atoms with E-state index in [9.17, 15) is 8.42 Å². The molecule has 0 saturated carbocycles. The Morgan fingerprint density at radius 1 is 0.960 bits per heavy atom. The van der Waals surface area contributed by atoms with Crippen LogP contribution in [0, 0.1) is 22.7 Å². The van der Waals surface area contributed by atoms with Gasteiger partial charge in [0.1, 0.15) is 6.07 Å². The molecule has 0 unspecified atom stereocenters. The van der Waals surface area contributed by atoms with E-state index in [1.54, 1.807) is 47.1 Å². The van der Waals surface area contributed by atoms with Gasteiger partial charge in [-0.05, 0) is 36.4 Å². The van der Waals surface area contributed by atoms with Crippen LogP contribution in [-0.2, 0) is 9.84 Å². The molecule has 3 rings (SSSR count). The zero-order valence-electron chi connectivity index (χ0n) is 13.2. The first kappa shape index (κ1) is 16.4. The van der Waals surface area contributed by atoms with Crippen LogP contribution in [0.5, 0.6) is 0 Å². The van der Waals surface area contributed by atoms with Crippen molar-refractivity contribution >= 4 is 9.84 Å². The normalized spacial score (nSPS) is 10.8. The van der Waals surface area contributed by atoms with Gasteiger partial charge in [0.05, 0.1) is 27.9 Å². The molecule has 1 heterocycles. The van der Waals surface area contributed by atoms with Crippen molar-refractivity contribution in [1.82, 2.24) is 9.78 Å². The number of rotatable bonds is 3. The second kappa shape index (κ2) is 6.23. The van der Waals surface area contributed by atoms with Crippen LogP contribution >= 0.6 is 0 Å². The van der Waals surface area contributed by atoms with E-state index >= 15 is 0 Å². The topological polar surface area (TPSA) is 99.5 Å². The summed E-state index contributed by atoms with van der Waals surface area (Å²) in [7, 11) is -3.28. The minimum atomic E-state index is -3.28. The van der Waals surface area contributed by atoms with Crippen molar-refractivity contribution in [3.63, 3.8) is 0 Å². The van der Waals surface area contributed by atoms with E-state index in [1.165, 1.54) is 12.1 Å². The number of hydrogen-bond acceptors (Lipinski definition) is 5. The maximum Gasteiger partial charge on any atom is 0.175 e. The van der Waals surface area contributed by atoms with Gasteiger partial charge in [-0.2, -0.15) is 15.6 Å². The third kappa shape index (κ3) is 3.27. The van der Waals surface area contributed by atoms with Crippen LogP contribution in [0.3, 0.4) is 0 Å². The molecule has 7 heteroatoms. The van der Waals surface area contributed by atoms with E-state index in [0.29, 0.717) is 16.9 Å². The maximum absolute atomic E-state index is 11.6. The molecule has 0 aliphatic carbocycles. The fourth-order valence-corrected chi connectivity index (χ4v) is 3.02. The smallest absolute Gasteiger partial charge is 0.175 e. The van der Waals surface area contributed by atoms with Crippen LogP contribution in [0.1, 0.15) is 11.3 Å². The SMILES string of the molecule is CS(=O)(=O)c1ccc(-c2cc(C#N)nn2-c2ccc(C#N)cc2)cc1. The minimum Gasteiger partial charge on any atom is -0.232 e. The quantitative estimate of drug-likeness (QED) is 0.724. The number of nitrogens with zero attached hydrogens (tertiary/aromatic N) is 4. The summed E-state index contributed by atoms with van der Waals surface area (Å²) in [6.45, 7) is 0. The Bertz CT molecular complexity index is 1110. The number of nitriles is 2. The van der Waals surface area contributed by atoms with Crippen molar-refractivity contribution in [3.05, 3.63) is 65.9 Å². The molecule has 6 nitrogen and oxygen atoms in total. The van der Waals surface area contributed by atoms with E-state index < -0.39 is 9.84 Å². The molecule has 0 spiro atoms. The van der Waals surface area contributed by atoms with E-state index in [4.69, 9.17) is 10.5 Å². The Morgan fingerprint density at radius 2 is 1.60 bits per heavy atom. The van der Waals surface area contributed by atoms with E-state index in [-0.39, 0.29) is 10.6 Å². The fraction of sp³-hybridized carbons (Fsp3) is 0.0556. The lowest BCUT2D eigenvalue weighted by molar-refractivity contribution is 0.602. The first-order valence-electron chi connectivity index (χ1n) is 7.23. The van der Waals surface area contributed by atoms with Crippen LogP contribution in [0.4, 0.5) is 0 Å². The summed E-state index contributed by atoms with van der Waals surface area (Å²) in [6.07, 6.45) is 1.15. The summed E-state index contributed by atoms with van der Waals surface area (Å²) in [6, 6.07) is 18.9. The molecule has 0 atom stereocenters. The van der Waals surface area contributed by atoms with Crippen LogP contribution in [0.2, 0.25) is 0 Å². The molecule has 3 aromatic rings. The van der Waals surface area contributed by atoms with Crippen LogP contribution in [-0.4, -0.2) is 24.5 Å². The van der Waals surface area contributed by atoms with Crippen LogP contribution in [0.15, 0.2) is 59.5 Å². The molecular formula is C18H12N4O2S. The Balaban J connectivity index is 2.12. The molecule has 0 aliphatic rings. The highest BCUT2D eigenvalue weighted by Crippen LogP contribution is 2.25. The zero-order chi connectivity index (χ0) is 18.0. The zero-order valence-corrected chi connectivity index (χ0v) is 14.0. The molecule has 0 N–H and O–H groups in total. The van der Waals surface area contributed by atoms with Gasteiger partial charge in [0, 0.05) is 17.9 Å². The largest absolute Gasteiger partial charge is 0.232 e. The van der Waals surface area contributed by atoms with E-state index in [0.717, 1.165) is 11.8 Å². The number of benzene rings is 2. The average Bonchev–Trinajstić information content (AvgIpc) is 3.05. The molecule has 0 aliphatic heterocycles. The van der Waals surface area contributed by atoms with Crippen molar-refractivity contribution in [2.45, 2.75) is 4.90 Å². The lowest BCUT2D eigenvalue weighted by atomic mass is 10.1. The fourth-order valence-electron chi connectivity index (χ4n) is 2.39. The van der Waals surface area contributed by atoms with E-state index in [2.05, 4.69) is 5.10 Å². The highest BCUT2D eigenvalue weighted by atomic mass is 32.2. The van der Waals surface area contributed by atoms with Crippen molar-refractivity contribution in [1.29, 1.82) is 10.5 Å². The Morgan fingerprint density at radius 3 is 2.12 bits per heavy atom. The summed E-state index contributed by atoms with van der Waals surface area (Å²) in [5, 5.41) is 22.3. The Labute approximate surface area is 145 Å². The Hall–Kier alpha value is -3.42. The predicted molar refractivity (Wildman–Crippen MR) is 91.5 cm³/mol. The Kier molecular flexibility index (Phi) is 4.10. The summed E-state index contributed by atoms with van der Waals surface area (Å²) in [5.74, 6) is 0. The molecule has 0 bridgehead atoms.